The molecule has 1 amide bonds. The van der Waals surface area contributed by atoms with Crippen molar-refractivity contribution in [3.05, 3.63) is 49.1 Å². The van der Waals surface area contributed by atoms with Crippen LogP contribution in [0.5, 0.6) is 0 Å². The Kier molecular flexibility index (Phi) is 18.9. The van der Waals surface area contributed by atoms with Crippen molar-refractivity contribution >= 4 is 6.09 Å². The van der Waals surface area contributed by atoms with E-state index in [1.807, 2.05) is 45.9 Å². The van der Waals surface area contributed by atoms with E-state index in [1.165, 1.54) is 0 Å². The quantitative estimate of drug-likeness (QED) is 0.0902. The molecule has 0 spiro atoms. The predicted molar refractivity (Wildman–Crippen MR) is 170 cm³/mol. The van der Waals surface area contributed by atoms with E-state index < -0.39 is 24.4 Å². The lowest BCUT2D eigenvalue weighted by molar-refractivity contribution is -0.271. The van der Waals surface area contributed by atoms with Gasteiger partial charge in [0, 0.05) is 49.7 Å². The van der Waals surface area contributed by atoms with Crippen LogP contribution >= 0.6 is 0 Å². The molecule has 1 rings (SSSR count). The minimum Gasteiger partial charge on any atom is -0.445 e. The summed E-state index contributed by atoms with van der Waals surface area (Å²) in [5, 5.41) is 21.6. The highest BCUT2D eigenvalue weighted by Gasteiger charge is 2.42. The summed E-state index contributed by atoms with van der Waals surface area (Å²) in [5.41, 5.74) is 5.27. The number of hydrogen-bond acceptors (Lipinski definition) is 8. The number of hydrogen-bond donors (Lipinski definition) is 3. The number of primary amides is 1. The van der Waals surface area contributed by atoms with Gasteiger partial charge in [-0.1, -0.05) is 90.7 Å². The van der Waals surface area contributed by atoms with Gasteiger partial charge in [0.1, 0.15) is 12.9 Å². The van der Waals surface area contributed by atoms with Crippen molar-refractivity contribution in [2.75, 3.05) is 21.0 Å². The molecule has 12 atom stereocenters. The molecule has 4 N–H and O–H groups in total. The maximum atomic E-state index is 11.4. The SMILES string of the molecule is C=C/C=C\[C@H](C)[C@H](OC(N)=O)[C@@H](C)[C@H](O)CC/C=C\[C@H](C)[C@H](O)[C@@H](C)/C=C\CC[C@@H]1O[C@@H](OC)[C@H](C)[C@@H](OCOC)[C@H]1C. The number of rotatable bonds is 20. The molecule has 0 saturated carbocycles. The molecule has 0 aromatic rings. The molecule has 1 heterocycles. The van der Waals surface area contributed by atoms with Gasteiger partial charge in [0.2, 0.25) is 0 Å². The Morgan fingerprint density at radius 3 is 2.16 bits per heavy atom. The first-order chi connectivity index (χ1) is 20.4. The van der Waals surface area contributed by atoms with Gasteiger partial charge >= 0.3 is 6.09 Å². The summed E-state index contributed by atoms with van der Waals surface area (Å²) in [6.45, 7) is 15.9. The fraction of sp³-hybridized carbons (Fsp3) is 0.735. The normalized spacial score (nSPS) is 28.0. The Balaban J connectivity index is 2.58. The Morgan fingerprint density at radius 2 is 1.60 bits per heavy atom. The van der Waals surface area contributed by atoms with Crippen LogP contribution in [0.4, 0.5) is 4.79 Å². The van der Waals surface area contributed by atoms with Gasteiger partial charge in [0.05, 0.1) is 24.4 Å². The molecule has 0 bridgehead atoms. The number of allylic oxidation sites excluding steroid dienone is 4. The topological polar surface area (TPSA) is 130 Å². The molecule has 9 heteroatoms. The van der Waals surface area contributed by atoms with E-state index >= 15 is 0 Å². The van der Waals surface area contributed by atoms with Crippen LogP contribution in [0, 0.1) is 35.5 Å². The number of carbonyl (C=O) groups excluding carboxylic acids is 1. The predicted octanol–water partition coefficient (Wildman–Crippen LogP) is 5.76. The molecule has 248 valence electrons. The zero-order chi connectivity index (χ0) is 32.5. The summed E-state index contributed by atoms with van der Waals surface area (Å²) in [7, 11) is 3.28. The number of methoxy groups -OCH3 is 2. The van der Waals surface area contributed by atoms with Gasteiger partial charge in [0.25, 0.3) is 0 Å². The third-order valence-corrected chi connectivity index (χ3v) is 8.62. The van der Waals surface area contributed by atoms with Crippen LogP contribution in [0.2, 0.25) is 0 Å². The first-order valence-electron chi connectivity index (χ1n) is 15.6. The molecule has 0 aromatic carbocycles. The third kappa shape index (κ3) is 13.3. The molecule has 1 aliphatic rings. The number of aliphatic hydroxyl groups excluding tert-OH is 2. The summed E-state index contributed by atoms with van der Waals surface area (Å²) in [6, 6.07) is 0. The minimum atomic E-state index is -0.860. The number of aliphatic hydroxyl groups is 2. The van der Waals surface area contributed by atoms with Crippen LogP contribution in [-0.4, -0.2) is 74.1 Å². The monoisotopic (exact) mass is 609 g/mol. The Bertz CT molecular complexity index is 876. The fourth-order valence-electron chi connectivity index (χ4n) is 5.85. The minimum absolute atomic E-state index is 0.00253. The zero-order valence-electron chi connectivity index (χ0n) is 27.6. The number of ether oxygens (including phenoxy) is 5. The summed E-state index contributed by atoms with van der Waals surface area (Å²) in [5.74, 6) is -0.247. The first-order valence-corrected chi connectivity index (χ1v) is 15.6. The molecule has 43 heavy (non-hydrogen) atoms. The van der Waals surface area contributed by atoms with Gasteiger partial charge in [-0.2, -0.15) is 0 Å². The maximum Gasteiger partial charge on any atom is 0.404 e. The third-order valence-electron chi connectivity index (χ3n) is 8.62. The average molecular weight is 610 g/mol. The lowest BCUT2D eigenvalue weighted by Gasteiger charge is -2.43. The van der Waals surface area contributed by atoms with Crippen molar-refractivity contribution in [3.8, 4) is 0 Å². The summed E-state index contributed by atoms with van der Waals surface area (Å²) in [4.78, 5) is 11.4. The van der Waals surface area contributed by atoms with Crippen molar-refractivity contribution in [2.24, 2.45) is 41.2 Å². The Hall–Kier alpha value is -2.01. The molecule has 0 aliphatic carbocycles. The second-order valence-corrected chi connectivity index (χ2v) is 12.1. The second-order valence-electron chi connectivity index (χ2n) is 12.1. The van der Waals surface area contributed by atoms with E-state index in [9.17, 15) is 15.0 Å². The number of carbonyl (C=O) groups is 1. The van der Waals surface area contributed by atoms with Gasteiger partial charge < -0.3 is 39.6 Å². The molecule has 9 nitrogen and oxygen atoms in total. The van der Waals surface area contributed by atoms with Gasteiger partial charge in [-0.05, 0) is 25.7 Å². The Labute approximate surface area is 260 Å². The van der Waals surface area contributed by atoms with Crippen LogP contribution < -0.4 is 5.73 Å². The van der Waals surface area contributed by atoms with E-state index in [2.05, 4.69) is 32.6 Å². The van der Waals surface area contributed by atoms with Crippen molar-refractivity contribution in [2.45, 2.75) is 104 Å². The molecule has 0 aromatic heterocycles. The molecular formula is C34H59NO8. The molecule has 0 unspecified atom stereocenters. The molecule has 1 saturated heterocycles. The van der Waals surface area contributed by atoms with Crippen LogP contribution in [0.15, 0.2) is 49.1 Å². The van der Waals surface area contributed by atoms with E-state index in [1.54, 1.807) is 26.4 Å². The number of amides is 1. The molecule has 0 radical (unpaired) electrons. The lowest BCUT2D eigenvalue weighted by Crippen LogP contribution is -2.50. The van der Waals surface area contributed by atoms with E-state index in [0.717, 1.165) is 12.8 Å². The van der Waals surface area contributed by atoms with Gasteiger partial charge in [-0.15, -0.1) is 0 Å². The van der Waals surface area contributed by atoms with E-state index in [-0.39, 0.29) is 60.8 Å². The van der Waals surface area contributed by atoms with Gasteiger partial charge in [0.15, 0.2) is 6.29 Å². The largest absolute Gasteiger partial charge is 0.445 e. The van der Waals surface area contributed by atoms with Crippen molar-refractivity contribution in [1.82, 2.24) is 0 Å². The van der Waals surface area contributed by atoms with Gasteiger partial charge in [-0.3, -0.25) is 0 Å². The Morgan fingerprint density at radius 1 is 0.977 bits per heavy atom. The highest BCUT2D eigenvalue weighted by molar-refractivity contribution is 5.64. The standard InChI is InChI=1S/C34H59NO8/c1-10-11-16-24(4)31(43-34(35)38)25(5)28(36)19-14-12-17-22(2)30(37)23(3)18-13-15-20-29-26(6)32(41-21-39-8)27(7)33(40-9)42-29/h10-13,16-18,22-33,36-37H,1,14-15,19-21H2,2-9H3,(H2,35,38)/b16-11-,17-12-,18-13-/t22-,23-,24-,25-,26-,27+,28+,29-,30-,31-,32-,33+/m0/s1. The number of nitrogens with two attached hydrogens (primary N) is 1. The summed E-state index contributed by atoms with van der Waals surface area (Å²) < 4.78 is 28.2. The van der Waals surface area contributed by atoms with Crippen molar-refractivity contribution in [1.29, 1.82) is 0 Å². The lowest BCUT2D eigenvalue weighted by atomic mass is 9.84. The smallest absolute Gasteiger partial charge is 0.404 e. The van der Waals surface area contributed by atoms with Crippen LogP contribution in [-0.2, 0) is 23.7 Å². The van der Waals surface area contributed by atoms with Gasteiger partial charge in [-0.25, -0.2) is 4.79 Å². The van der Waals surface area contributed by atoms with Crippen LogP contribution in [0.25, 0.3) is 0 Å². The van der Waals surface area contributed by atoms with Crippen molar-refractivity contribution < 1.29 is 38.7 Å². The van der Waals surface area contributed by atoms with Crippen molar-refractivity contribution in [3.63, 3.8) is 0 Å². The van der Waals surface area contributed by atoms with E-state index in [0.29, 0.717) is 12.8 Å². The second kappa shape index (κ2) is 20.9. The zero-order valence-corrected chi connectivity index (χ0v) is 27.6. The molecular weight excluding hydrogens is 550 g/mol. The summed E-state index contributed by atoms with van der Waals surface area (Å²) in [6.07, 6.45) is 13.2. The highest BCUT2D eigenvalue weighted by atomic mass is 16.7. The summed E-state index contributed by atoms with van der Waals surface area (Å²) >= 11 is 0. The van der Waals surface area contributed by atoms with Crippen LogP contribution in [0.3, 0.4) is 0 Å². The first kappa shape index (κ1) is 39.0. The molecule has 1 fully saturated rings. The molecule has 1 aliphatic heterocycles. The van der Waals surface area contributed by atoms with E-state index in [4.69, 9.17) is 29.4 Å². The highest BCUT2D eigenvalue weighted by Crippen LogP contribution is 2.35. The average Bonchev–Trinajstić information content (AvgIpc) is 2.98. The maximum absolute atomic E-state index is 11.4. The van der Waals surface area contributed by atoms with Crippen LogP contribution in [0.1, 0.15) is 67.2 Å². The fourth-order valence-corrected chi connectivity index (χ4v) is 5.85.